The van der Waals surface area contributed by atoms with Gasteiger partial charge in [0.1, 0.15) is 0 Å². The van der Waals surface area contributed by atoms with Crippen molar-refractivity contribution < 1.29 is 13.2 Å². The van der Waals surface area contributed by atoms with Gasteiger partial charge in [-0.2, -0.15) is 13.2 Å². The summed E-state index contributed by atoms with van der Waals surface area (Å²) in [5.74, 6) is 1.56. The van der Waals surface area contributed by atoms with Crippen molar-refractivity contribution in [2.45, 2.75) is 51.2 Å². The highest BCUT2D eigenvalue weighted by molar-refractivity contribution is 5.79. The van der Waals surface area contributed by atoms with Gasteiger partial charge in [-0.3, -0.25) is 9.89 Å². The number of guanidine groups is 1. The van der Waals surface area contributed by atoms with E-state index in [-0.39, 0.29) is 6.04 Å². The average Bonchev–Trinajstić information content (AvgIpc) is 3.00. The van der Waals surface area contributed by atoms with Crippen LogP contribution >= 0.6 is 0 Å². The zero-order valence-corrected chi connectivity index (χ0v) is 16.1. The highest BCUT2D eigenvalue weighted by atomic mass is 19.4. The molecule has 0 bridgehead atoms. The maximum atomic E-state index is 12.5. The minimum atomic E-state index is -4.12. The molecule has 0 aromatic carbocycles. The summed E-state index contributed by atoms with van der Waals surface area (Å²) in [5.41, 5.74) is 0. The van der Waals surface area contributed by atoms with Crippen molar-refractivity contribution in [2.24, 2.45) is 10.9 Å². The minimum Gasteiger partial charge on any atom is -0.356 e. The Bertz CT molecular complexity index is 433. The Morgan fingerprint density at radius 2 is 1.77 bits per heavy atom. The highest BCUT2D eigenvalue weighted by Crippen LogP contribution is 2.20. The van der Waals surface area contributed by atoms with Crippen LogP contribution < -0.4 is 10.6 Å². The molecule has 5 nitrogen and oxygen atoms in total. The lowest BCUT2D eigenvalue weighted by Crippen LogP contribution is -2.45. The molecular weight excluding hydrogens is 343 g/mol. The number of aliphatic imine (C=N–C) groups is 1. The van der Waals surface area contributed by atoms with E-state index in [1.807, 2.05) is 0 Å². The van der Waals surface area contributed by atoms with E-state index in [9.17, 15) is 13.2 Å². The van der Waals surface area contributed by atoms with E-state index >= 15 is 0 Å². The first kappa shape index (κ1) is 21.3. The summed E-state index contributed by atoms with van der Waals surface area (Å²) in [4.78, 5) is 8.18. The van der Waals surface area contributed by atoms with Gasteiger partial charge < -0.3 is 15.5 Å². The molecule has 0 radical (unpaired) electrons. The van der Waals surface area contributed by atoms with Crippen molar-refractivity contribution in [2.75, 3.05) is 52.9 Å². The second kappa shape index (κ2) is 10.3. The van der Waals surface area contributed by atoms with Crippen LogP contribution in [0.15, 0.2) is 4.99 Å². The number of unbranched alkanes of at least 4 members (excludes halogenated alkanes) is 1. The maximum Gasteiger partial charge on any atom is 0.401 e. The van der Waals surface area contributed by atoms with Gasteiger partial charge in [0.2, 0.25) is 0 Å². The van der Waals surface area contributed by atoms with Crippen molar-refractivity contribution in [3.05, 3.63) is 0 Å². The van der Waals surface area contributed by atoms with Gasteiger partial charge in [0.05, 0.1) is 6.54 Å². The zero-order chi connectivity index (χ0) is 19.0. The third-order valence-electron chi connectivity index (χ3n) is 5.31. The molecule has 0 aromatic heterocycles. The Labute approximate surface area is 155 Å². The minimum absolute atomic E-state index is 0.0267. The number of nitrogens with one attached hydrogen (secondary N) is 2. The molecule has 0 spiro atoms. The molecule has 2 fully saturated rings. The molecule has 2 heterocycles. The van der Waals surface area contributed by atoms with Gasteiger partial charge in [-0.05, 0) is 57.7 Å². The van der Waals surface area contributed by atoms with E-state index in [1.54, 1.807) is 7.05 Å². The Kier molecular flexibility index (Phi) is 8.47. The summed E-state index contributed by atoms with van der Waals surface area (Å²) in [5, 5.41) is 6.53. The van der Waals surface area contributed by atoms with E-state index in [0.717, 1.165) is 31.8 Å². The second-order valence-corrected chi connectivity index (χ2v) is 7.71. The number of halogens is 3. The molecule has 2 aliphatic rings. The third-order valence-corrected chi connectivity index (χ3v) is 5.31. The quantitative estimate of drug-likeness (QED) is 0.406. The molecule has 8 heteroatoms. The molecule has 0 aliphatic carbocycles. The fraction of sp³-hybridized carbons (Fsp3) is 0.944. The van der Waals surface area contributed by atoms with Gasteiger partial charge >= 0.3 is 6.18 Å². The predicted molar refractivity (Wildman–Crippen MR) is 99.5 cm³/mol. The maximum absolute atomic E-state index is 12.5. The summed E-state index contributed by atoms with van der Waals surface area (Å²) >= 11 is 0. The van der Waals surface area contributed by atoms with E-state index in [0.29, 0.717) is 25.5 Å². The number of nitrogens with zero attached hydrogens (tertiary/aromatic N) is 3. The topological polar surface area (TPSA) is 42.9 Å². The molecular formula is C18H34F3N5. The molecule has 0 aromatic rings. The van der Waals surface area contributed by atoms with Crippen LogP contribution in [-0.4, -0.2) is 80.8 Å². The van der Waals surface area contributed by atoms with Crippen LogP contribution in [0.5, 0.6) is 0 Å². The summed E-state index contributed by atoms with van der Waals surface area (Å²) in [6.45, 7) is 6.80. The lowest BCUT2D eigenvalue weighted by atomic mass is 9.99. The van der Waals surface area contributed by atoms with Crippen LogP contribution in [0.1, 0.15) is 39.0 Å². The lowest BCUT2D eigenvalue weighted by Gasteiger charge is -2.30. The van der Waals surface area contributed by atoms with E-state index in [1.165, 1.54) is 30.8 Å². The fourth-order valence-corrected chi connectivity index (χ4v) is 3.69. The van der Waals surface area contributed by atoms with Crippen LogP contribution in [0.25, 0.3) is 0 Å². The standard InChI is InChI=1S/C18H34F3N5/c1-15-5-10-25(11-6-15)9-4-3-8-23-17(22-2)24-16-7-12-26(13-16)14-18(19,20)21/h15-16H,3-14H2,1-2H3,(H2,22,23,24). The van der Waals surface area contributed by atoms with Crippen molar-refractivity contribution in [1.29, 1.82) is 0 Å². The number of likely N-dealkylation sites (tertiary alicyclic amines) is 2. The molecule has 1 unspecified atom stereocenters. The smallest absolute Gasteiger partial charge is 0.356 e. The van der Waals surface area contributed by atoms with Crippen LogP contribution in [0.4, 0.5) is 13.2 Å². The summed E-state index contributed by atoms with van der Waals surface area (Å²) < 4.78 is 37.4. The molecule has 2 aliphatic heterocycles. The van der Waals surface area contributed by atoms with Crippen LogP contribution in [0.3, 0.4) is 0 Å². The van der Waals surface area contributed by atoms with E-state index in [2.05, 4.69) is 27.4 Å². The second-order valence-electron chi connectivity index (χ2n) is 7.71. The van der Waals surface area contributed by atoms with E-state index in [4.69, 9.17) is 0 Å². The monoisotopic (exact) mass is 377 g/mol. The number of piperidine rings is 1. The molecule has 2 N–H and O–H groups in total. The van der Waals surface area contributed by atoms with Crippen LogP contribution in [-0.2, 0) is 0 Å². The Balaban J connectivity index is 1.55. The first-order valence-corrected chi connectivity index (χ1v) is 9.84. The van der Waals surface area contributed by atoms with Crippen molar-refractivity contribution >= 4 is 5.96 Å². The van der Waals surface area contributed by atoms with Gasteiger partial charge in [-0.25, -0.2) is 0 Å². The van der Waals surface area contributed by atoms with Crippen molar-refractivity contribution in [3.8, 4) is 0 Å². The Morgan fingerprint density at radius 1 is 1.08 bits per heavy atom. The molecule has 0 saturated carbocycles. The predicted octanol–water partition coefficient (Wildman–Crippen LogP) is 2.30. The first-order valence-electron chi connectivity index (χ1n) is 9.84. The Morgan fingerprint density at radius 3 is 2.42 bits per heavy atom. The molecule has 26 heavy (non-hydrogen) atoms. The molecule has 0 amide bonds. The zero-order valence-electron chi connectivity index (χ0n) is 16.1. The SMILES string of the molecule is CN=C(NCCCCN1CCC(C)CC1)NC1CCN(CC(F)(F)F)C1. The first-order chi connectivity index (χ1) is 12.4. The normalized spacial score (nSPS) is 24.2. The van der Waals surface area contributed by atoms with Gasteiger partial charge in [0.25, 0.3) is 0 Å². The number of alkyl halides is 3. The van der Waals surface area contributed by atoms with E-state index < -0.39 is 12.7 Å². The summed E-state index contributed by atoms with van der Waals surface area (Å²) in [6.07, 6.45) is 1.42. The number of rotatable bonds is 7. The summed E-state index contributed by atoms with van der Waals surface area (Å²) in [6, 6.07) is 0.0267. The van der Waals surface area contributed by atoms with Gasteiger partial charge in [-0.15, -0.1) is 0 Å². The molecule has 152 valence electrons. The van der Waals surface area contributed by atoms with Crippen molar-refractivity contribution in [1.82, 2.24) is 20.4 Å². The Hall–Kier alpha value is -1.02. The van der Waals surface area contributed by atoms with Gasteiger partial charge in [0, 0.05) is 32.7 Å². The fourth-order valence-electron chi connectivity index (χ4n) is 3.69. The number of hydrogen-bond acceptors (Lipinski definition) is 3. The molecule has 1 atom stereocenters. The molecule has 2 saturated heterocycles. The summed E-state index contributed by atoms with van der Waals surface area (Å²) in [7, 11) is 1.70. The van der Waals surface area contributed by atoms with Gasteiger partial charge in [0.15, 0.2) is 5.96 Å². The highest BCUT2D eigenvalue weighted by Gasteiger charge is 2.34. The van der Waals surface area contributed by atoms with Crippen LogP contribution in [0, 0.1) is 5.92 Å². The largest absolute Gasteiger partial charge is 0.401 e. The lowest BCUT2D eigenvalue weighted by molar-refractivity contribution is -0.143. The van der Waals surface area contributed by atoms with Crippen molar-refractivity contribution in [3.63, 3.8) is 0 Å². The van der Waals surface area contributed by atoms with Gasteiger partial charge in [-0.1, -0.05) is 6.92 Å². The molecule has 2 rings (SSSR count). The van der Waals surface area contributed by atoms with Crippen LogP contribution in [0.2, 0.25) is 0 Å². The third kappa shape index (κ3) is 8.12. The number of hydrogen-bond donors (Lipinski definition) is 2. The average molecular weight is 377 g/mol.